The molecule has 41 heavy (non-hydrogen) atoms. The second-order valence-corrected chi connectivity index (χ2v) is 11.4. The van der Waals surface area contributed by atoms with Crippen LogP contribution in [0, 0.1) is 0 Å². The fourth-order valence-electron chi connectivity index (χ4n) is 8.42. The van der Waals surface area contributed by atoms with Gasteiger partial charge in [0.05, 0.1) is 10.8 Å². The van der Waals surface area contributed by atoms with Crippen molar-refractivity contribution in [3.05, 3.63) is 184 Å². The molecule has 0 bridgehead atoms. The Labute approximate surface area is 239 Å². The van der Waals surface area contributed by atoms with Crippen LogP contribution in [0.1, 0.15) is 44.5 Å². The first-order valence-corrected chi connectivity index (χ1v) is 14.2. The van der Waals surface area contributed by atoms with Gasteiger partial charge in [0.2, 0.25) is 0 Å². The van der Waals surface area contributed by atoms with E-state index in [0.29, 0.717) is 5.46 Å². The smallest absolute Gasteiger partial charge is 0.423 e. The van der Waals surface area contributed by atoms with Gasteiger partial charge in [-0.3, -0.25) is 0 Å². The Kier molecular flexibility index (Phi) is 4.47. The van der Waals surface area contributed by atoms with Crippen molar-refractivity contribution < 1.29 is 10.0 Å². The van der Waals surface area contributed by atoms with E-state index in [2.05, 4.69) is 133 Å². The van der Waals surface area contributed by atoms with Crippen LogP contribution in [0.4, 0.5) is 0 Å². The summed E-state index contributed by atoms with van der Waals surface area (Å²) in [6.07, 6.45) is 0. The summed E-state index contributed by atoms with van der Waals surface area (Å²) in [6, 6.07) is 50.1. The Balaban J connectivity index is 1.54. The van der Waals surface area contributed by atoms with Crippen molar-refractivity contribution in [1.82, 2.24) is 0 Å². The van der Waals surface area contributed by atoms with Crippen LogP contribution in [0.15, 0.2) is 140 Å². The maximum Gasteiger partial charge on any atom is 0.488 e. The largest absolute Gasteiger partial charge is 0.488 e. The Hall–Kier alpha value is -4.70. The number of fused-ring (bicyclic) bond motifs is 16. The van der Waals surface area contributed by atoms with E-state index in [4.69, 9.17) is 0 Å². The number of benzene rings is 6. The quantitative estimate of drug-likeness (QED) is 0.244. The molecule has 0 radical (unpaired) electrons. The minimum atomic E-state index is -1.57. The molecule has 0 aliphatic heterocycles. The van der Waals surface area contributed by atoms with Crippen molar-refractivity contribution in [2.24, 2.45) is 0 Å². The second kappa shape index (κ2) is 7.95. The monoisotopic (exact) mass is 524 g/mol. The summed E-state index contributed by atoms with van der Waals surface area (Å²) in [7, 11) is -1.57. The molecule has 0 unspecified atom stereocenters. The lowest BCUT2D eigenvalue weighted by Gasteiger charge is -2.49. The molecule has 3 aliphatic rings. The zero-order valence-electron chi connectivity index (χ0n) is 22.3. The van der Waals surface area contributed by atoms with Gasteiger partial charge >= 0.3 is 7.12 Å². The average Bonchev–Trinajstić information content (AvgIpc) is 3.49. The third kappa shape index (κ3) is 2.58. The van der Waals surface area contributed by atoms with Gasteiger partial charge in [-0.15, -0.1) is 0 Å². The Morgan fingerprint density at radius 3 is 1.05 bits per heavy atom. The van der Waals surface area contributed by atoms with Gasteiger partial charge in [0, 0.05) is 0 Å². The molecule has 0 fully saturated rings. The van der Waals surface area contributed by atoms with Gasteiger partial charge in [-0.2, -0.15) is 0 Å². The van der Waals surface area contributed by atoms with Crippen molar-refractivity contribution in [3.63, 3.8) is 0 Å². The van der Waals surface area contributed by atoms with Crippen LogP contribution in [0.25, 0.3) is 22.3 Å². The third-order valence-electron chi connectivity index (χ3n) is 9.79. The summed E-state index contributed by atoms with van der Waals surface area (Å²) in [5.74, 6) is 0. The average molecular weight is 524 g/mol. The molecule has 6 aromatic carbocycles. The highest BCUT2D eigenvalue weighted by atomic mass is 16.4. The van der Waals surface area contributed by atoms with E-state index >= 15 is 0 Å². The molecule has 192 valence electrons. The second-order valence-electron chi connectivity index (χ2n) is 11.4. The normalized spacial score (nSPS) is 15.5. The van der Waals surface area contributed by atoms with Crippen LogP contribution < -0.4 is 5.46 Å². The van der Waals surface area contributed by atoms with Gasteiger partial charge in [-0.05, 0) is 72.2 Å². The van der Waals surface area contributed by atoms with E-state index in [-0.39, 0.29) is 0 Å². The SMILES string of the molecule is OB(O)c1ccc2c(c1)C1(c3ccccc3-c3ccccc31)c1ccccc1C21c2ccccc2-c2ccccc21. The first-order chi connectivity index (χ1) is 20.2. The summed E-state index contributed by atoms with van der Waals surface area (Å²) in [6.45, 7) is 0. The highest BCUT2D eigenvalue weighted by Gasteiger charge is 2.58. The summed E-state index contributed by atoms with van der Waals surface area (Å²) in [5.41, 5.74) is 14.1. The molecular weight excluding hydrogens is 499 g/mol. The first kappa shape index (κ1) is 23.1. The molecule has 2 N–H and O–H groups in total. The molecule has 3 aliphatic carbocycles. The Morgan fingerprint density at radius 1 is 0.341 bits per heavy atom. The van der Waals surface area contributed by atoms with Gasteiger partial charge in [0.25, 0.3) is 0 Å². The maximum atomic E-state index is 10.5. The van der Waals surface area contributed by atoms with Crippen molar-refractivity contribution in [2.75, 3.05) is 0 Å². The molecular formula is C38H25BO2. The van der Waals surface area contributed by atoms with E-state index in [1.165, 1.54) is 61.2 Å². The molecule has 3 heteroatoms. The molecule has 0 atom stereocenters. The minimum absolute atomic E-state index is 0.499. The highest BCUT2D eigenvalue weighted by molar-refractivity contribution is 6.58. The van der Waals surface area contributed by atoms with Crippen LogP contribution in [-0.4, -0.2) is 17.2 Å². The molecule has 0 amide bonds. The summed E-state index contributed by atoms with van der Waals surface area (Å²) in [5, 5.41) is 20.9. The molecule has 6 aromatic rings. The van der Waals surface area contributed by atoms with E-state index < -0.39 is 17.9 Å². The van der Waals surface area contributed by atoms with E-state index in [0.717, 1.165) is 5.56 Å². The molecule has 0 saturated heterocycles. The van der Waals surface area contributed by atoms with E-state index in [9.17, 15) is 10.0 Å². The minimum Gasteiger partial charge on any atom is -0.423 e. The fraction of sp³-hybridized carbons (Fsp3) is 0.0526. The molecule has 0 heterocycles. The number of hydrogen-bond acceptors (Lipinski definition) is 2. The lowest BCUT2D eigenvalue weighted by molar-refractivity contribution is 0.425. The van der Waals surface area contributed by atoms with Crippen LogP contribution >= 0.6 is 0 Å². The van der Waals surface area contributed by atoms with Gasteiger partial charge in [0.15, 0.2) is 0 Å². The van der Waals surface area contributed by atoms with E-state index in [1.807, 2.05) is 6.07 Å². The zero-order chi connectivity index (χ0) is 27.3. The van der Waals surface area contributed by atoms with Gasteiger partial charge in [-0.1, -0.05) is 140 Å². The Bertz CT molecular complexity index is 1970. The van der Waals surface area contributed by atoms with Gasteiger partial charge in [-0.25, -0.2) is 0 Å². The first-order valence-electron chi connectivity index (χ1n) is 14.2. The van der Waals surface area contributed by atoms with Crippen molar-refractivity contribution in [1.29, 1.82) is 0 Å². The van der Waals surface area contributed by atoms with Crippen LogP contribution in [0.2, 0.25) is 0 Å². The summed E-state index contributed by atoms with van der Waals surface area (Å²) < 4.78 is 0. The standard InChI is InChI=1S/C38H25BO2/c40-39(41)24-21-22-35-36(23-24)38(31-17-7-3-13-27(31)28-14-4-8-18-32(28)38)34-20-10-9-19-33(34)37(35)29-15-5-1-11-25(29)26-12-2-6-16-30(26)37/h1-23,40-41H. The van der Waals surface area contributed by atoms with Crippen LogP contribution in [0.5, 0.6) is 0 Å². The number of hydrogen-bond donors (Lipinski definition) is 2. The summed E-state index contributed by atoms with van der Waals surface area (Å²) in [4.78, 5) is 0. The van der Waals surface area contributed by atoms with E-state index in [1.54, 1.807) is 0 Å². The van der Waals surface area contributed by atoms with Crippen LogP contribution in [0.3, 0.4) is 0 Å². The fourth-order valence-corrected chi connectivity index (χ4v) is 8.42. The zero-order valence-corrected chi connectivity index (χ0v) is 22.3. The highest BCUT2D eigenvalue weighted by Crippen LogP contribution is 2.67. The van der Waals surface area contributed by atoms with Crippen molar-refractivity contribution in [3.8, 4) is 22.3 Å². The molecule has 0 saturated carbocycles. The van der Waals surface area contributed by atoms with Crippen molar-refractivity contribution in [2.45, 2.75) is 10.8 Å². The predicted molar refractivity (Wildman–Crippen MR) is 164 cm³/mol. The Morgan fingerprint density at radius 2 is 0.659 bits per heavy atom. The predicted octanol–water partition coefficient (Wildman–Crippen LogP) is 6.41. The molecule has 2 nitrogen and oxygen atoms in total. The van der Waals surface area contributed by atoms with Crippen molar-refractivity contribution >= 4 is 12.6 Å². The molecule has 9 rings (SSSR count). The third-order valence-corrected chi connectivity index (χ3v) is 9.79. The molecule has 0 aromatic heterocycles. The maximum absolute atomic E-state index is 10.5. The van der Waals surface area contributed by atoms with Crippen LogP contribution in [-0.2, 0) is 10.8 Å². The van der Waals surface area contributed by atoms with Gasteiger partial charge in [0.1, 0.15) is 0 Å². The lowest BCUT2D eigenvalue weighted by atomic mass is 9.51. The van der Waals surface area contributed by atoms with Gasteiger partial charge < -0.3 is 10.0 Å². The number of rotatable bonds is 1. The lowest BCUT2D eigenvalue weighted by Crippen LogP contribution is -2.45. The molecule has 2 spiro atoms. The topological polar surface area (TPSA) is 40.5 Å². The summed E-state index contributed by atoms with van der Waals surface area (Å²) >= 11 is 0.